The number of rotatable bonds is 7. The Labute approximate surface area is 174 Å². The molecule has 148 valence electrons. The van der Waals surface area contributed by atoms with Gasteiger partial charge >= 0.3 is 5.69 Å². The highest BCUT2D eigenvalue weighted by Gasteiger charge is 2.13. The molecule has 7 nitrogen and oxygen atoms in total. The number of halogens is 3. The van der Waals surface area contributed by atoms with Gasteiger partial charge in [0.25, 0.3) is 0 Å². The number of nitrogens with zero attached hydrogens (tertiary/aromatic N) is 3. The van der Waals surface area contributed by atoms with Crippen LogP contribution in [0.5, 0.6) is 5.75 Å². The number of nitro groups is 1. The molecule has 0 saturated heterocycles. The zero-order valence-corrected chi connectivity index (χ0v) is 16.2. The molecular weight excluding hydrogens is 422 g/mol. The fraction of sp³-hybridized carbons (Fsp3) is 0.0526. The molecule has 29 heavy (non-hydrogen) atoms. The van der Waals surface area contributed by atoms with Crippen molar-refractivity contribution in [3.63, 3.8) is 0 Å². The molecule has 3 rings (SSSR count). The van der Waals surface area contributed by atoms with Crippen LogP contribution in [-0.4, -0.2) is 16.1 Å². The maximum absolute atomic E-state index is 13.0. The van der Waals surface area contributed by atoms with E-state index in [9.17, 15) is 14.5 Å². The Balaban J connectivity index is 1.69. The fourth-order valence-electron chi connectivity index (χ4n) is 2.33. The summed E-state index contributed by atoms with van der Waals surface area (Å²) in [4.78, 5) is 14.3. The van der Waals surface area contributed by atoms with Gasteiger partial charge in [-0.1, -0.05) is 35.3 Å². The van der Waals surface area contributed by atoms with Crippen molar-refractivity contribution in [3.05, 3.63) is 91.8 Å². The summed E-state index contributed by atoms with van der Waals surface area (Å²) in [6, 6.07) is 11.8. The Hall–Kier alpha value is -3.23. The smallest absolute Gasteiger partial charge is 0.313 e. The quantitative estimate of drug-likeness (QED) is 0.302. The lowest BCUT2D eigenvalue weighted by Gasteiger charge is -2.11. The highest BCUT2D eigenvalue weighted by molar-refractivity contribution is 6.37. The molecule has 0 bridgehead atoms. The largest absolute Gasteiger partial charge is 0.486 e. The summed E-state index contributed by atoms with van der Waals surface area (Å²) in [7, 11) is 0. The van der Waals surface area contributed by atoms with Crippen molar-refractivity contribution >= 4 is 40.9 Å². The second-order valence-electron chi connectivity index (χ2n) is 5.73. The molecule has 0 unspecified atom stereocenters. The van der Waals surface area contributed by atoms with Crippen LogP contribution in [0, 0.1) is 15.9 Å². The number of ether oxygens (including phenoxy) is 1. The average molecular weight is 435 g/mol. The normalized spacial score (nSPS) is 10.9. The van der Waals surface area contributed by atoms with Gasteiger partial charge in [-0.25, -0.2) is 9.37 Å². The Kier molecular flexibility index (Phi) is 6.58. The van der Waals surface area contributed by atoms with Gasteiger partial charge in [-0.15, -0.1) is 0 Å². The van der Waals surface area contributed by atoms with Gasteiger partial charge in [0.1, 0.15) is 12.4 Å². The van der Waals surface area contributed by atoms with Crippen LogP contribution in [-0.2, 0) is 6.61 Å². The van der Waals surface area contributed by atoms with Crippen molar-refractivity contribution in [2.24, 2.45) is 5.10 Å². The number of hydrogen-bond donors (Lipinski definition) is 1. The molecule has 0 fully saturated rings. The van der Waals surface area contributed by atoms with E-state index in [1.54, 1.807) is 24.3 Å². The van der Waals surface area contributed by atoms with Crippen molar-refractivity contribution in [3.8, 4) is 5.75 Å². The van der Waals surface area contributed by atoms with E-state index in [2.05, 4.69) is 15.5 Å². The van der Waals surface area contributed by atoms with Crippen molar-refractivity contribution in [2.45, 2.75) is 6.61 Å². The van der Waals surface area contributed by atoms with Gasteiger partial charge in [0.15, 0.2) is 5.75 Å². The van der Waals surface area contributed by atoms with Crippen LogP contribution < -0.4 is 10.2 Å². The molecule has 0 aliphatic rings. The van der Waals surface area contributed by atoms with Crippen LogP contribution in [0.4, 0.5) is 15.9 Å². The van der Waals surface area contributed by atoms with E-state index in [0.29, 0.717) is 5.56 Å². The van der Waals surface area contributed by atoms with E-state index in [1.165, 1.54) is 36.7 Å². The minimum atomic E-state index is -0.564. The topological polar surface area (TPSA) is 89.7 Å². The van der Waals surface area contributed by atoms with Gasteiger partial charge in [-0.05, 0) is 41.5 Å². The van der Waals surface area contributed by atoms with Gasteiger partial charge in [0, 0.05) is 12.3 Å². The summed E-state index contributed by atoms with van der Waals surface area (Å²) in [5.41, 5.74) is 3.61. The molecule has 2 aromatic carbocycles. The van der Waals surface area contributed by atoms with Crippen LogP contribution in [0.1, 0.15) is 11.1 Å². The summed E-state index contributed by atoms with van der Waals surface area (Å²) in [5.74, 6) is -0.0496. The van der Waals surface area contributed by atoms with E-state index in [1.807, 2.05) is 0 Å². The molecule has 0 spiro atoms. The molecule has 1 N–H and O–H groups in total. The zero-order chi connectivity index (χ0) is 20.8. The minimum Gasteiger partial charge on any atom is -0.486 e. The fourth-order valence-corrected chi connectivity index (χ4v) is 2.94. The average Bonchev–Trinajstić information content (AvgIpc) is 2.69. The van der Waals surface area contributed by atoms with Gasteiger partial charge in [0.05, 0.1) is 21.2 Å². The lowest BCUT2D eigenvalue weighted by Crippen LogP contribution is -1.99. The maximum Gasteiger partial charge on any atom is 0.313 e. The molecule has 10 heteroatoms. The minimum absolute atomic E-state index is 0.00481. The van der Waals surface area contributed by atoms with Crippen LogP contribution in [0.25, 0.3) is 0 Å². The van der Waals surface area contributed by atoms with E-state index in [4.69, 9.17) is 27.9 Å². The first-order chi connectivity index (χ1) is 13.9. The lowest BCUT2D eigenvalue weighted by molar-refractivity contribution is -0.384. The molecule has 1 aromatic heterocycles. The van der Waals surface area contributed by atoms with E-state index in [-0.39, 0.29) is 39.7 Å². The Bertz CT molecular complexity index is 1040. The van der Waals surface area contributed by atoms with Gasteiger partial charge in [-0.3, -0.25) is 15.5 Å². The van der Waals surface area contributed by atoms with Crippen LogP contribution in [0.15, 0.2) is 59.8 Å². The molecule has 0 aliphatic heterocycles. The second-order valence-corrected chi connectivity index (χ2v) is 6.54. The molecule has 0 amide bonds. The summed E-state index contributed by atoms with van der Waals surface area (Å²) in [6.07, 6.45) is 2.80. The molecule has 0 saturated carbocycles. The number of benzene rings is 2. The first-order valence-electron chi connectivity index (χ1n) is 8.19. The molecule has 0 atom stereocenters. The van der Waals surface area contributed by atoms with Gasteiger partial charge < -0.3 is 4.74 Å². The molecule has 0 radical (unpaired) electrons. The third kappa shape index (κ3) is 5.40. The predicted octanol–water partition coefficient (Wildman–Crippen LogP) is 5.46. The standard InChI is InChI=1S/C19H13Cl2FN4O3/c20-15-8-13(10-24-25-19-17(26(27)28)2-1-7-23-19)9-16(21)18(15)29-11-12-3-5-14(22)6-4-12/h1-10H,11H2,(H,23,25)/b24-10-. The highest BCUT2D eigenvalue weighted by Crippen LogP contribution is 2.34. The van der Waals surface area contributed by atoms with Gasteiger partial charge in [0.2, 0.25) is 5.82 Å². The summed E-state index contributed by atoms with van der Waals surface area (Å²) >= 11 is 12.5. The lowest BCUT2D eigenvalue weighted by atomic mass is 10.2. The van der Waals surface area contributed by atoms with Crippen molar-refractivity contribution in [2.75, 3.05) is 5.43 Å². The van der Waals surface area contributed by atoms with Gasteiger partial charge in [-0.2, -0.15) is 5.10 Å². The van der Waals surface area contributed by atoms with Crippen molar-refractivity contribution < 1.29 is 14.1 Å². The summed E-state index contributed by atoms with van der Waals surface area (Å²) in [6.45, 7) is 0.165. The zero-order valence-electron chi connectivity index (χ0n) is 14.7. The number of pyridine rings is 1. The Morgan fingerprint density at radius 1 is 1.21 bits per heavy atom. The third-order valence-corrected chi connectivity index (χ3v) is 4.25. The highest BCUT2D eigenvalue weighted by atomic mass is 35.5. The molecule has 1 heterocycles. The number of anilines is 1. The number of nitrogens with one attached hydrogen (secondary N) is 1. The Morgan fingerprint density at radius 3 is 2.55 bits per heavy atom. The van der Waals surface area contributed by atoms with Crippen LogP contribution in [0.3, 0.4) is 0 Å². The SMILES string of the molecule is O=[N+]([O-])c1cccnc1N/N=C\c1cc(Cl)c(OCc2ccc(F)cc2)c(Cl)c1. The Morgan fingerprint density at radius 2 is 1.90 bits per heavy atom. The monoisotopic (exact) mass is 434 g/mol. The molecule has 0 aliphatic carbocycles. The number of hydrogen-bond acceptors (Lipinski definition) is 6. The second kappa shape index (κ2) is 9.31. The first kappa shape index (κ1) is 20.5. The molecular formula is C19H13Cl2FN4O3. The van der Waals surface area contributed by atoms with Crippen molar-refractivity contribution in [1.29, 1.82) is 0 Å². The predicted molar refractivity (Wildman–Crippen MR) is 109 cm³/mol. The number of hydrazone groups is 1. The van der Waals surface area contributed by atoms with E-state index >= 15 is 0 Å². The maximum atomic E-state index is 13.0. The van der Waals surface area contributed by atoms with E-state index < -0.39 is 4.92 Å². The molecule has 3 aromatic rings. The number of aromatic nitrogens is 1. The summed E-state index contributed by atoms with van der Waals surface area (Å²) < 4.78 is 18.6. The third-order valence-electron chi connectivity index (χ3n) is 3.68. The van der Waals surface area contributed by atoms with E-state index in [0.717, 1.165) is 5.56 Å². The summed E-state index contributed by atoms with van der Waals surface area (Å²) in [5, 5.41) is 15.4. The van der Waals surface area contributed by atoms with Crippen molar-refractivity contribution in [1.82, 2.24) is 4.98 Å². The van der Waals surface area contributed by atoms with Crippen LogP contribution in [0.2, 0.25) is 10.0 Å². The first-order valence-corrected chi connectivity index (χ1v) is 8.94. The van der Waals surface area contributed by atoms with Crippen LogP contribution >= 0.6 is 23.2 Å².